The molecule has 1 heterocycles. The van der Waals surface area contributed by atoms with Crippen LogP contribution >= 0.6 is 0 Å². The molecular formula is C17H18N4. The molecule has 0 unspecified atom stereocenters. The normalized spacial score (nSPS) is 10.1. The summed E-state index contributed by atoms with van der Waals surface area (Å²) in [5, 5.41) is 16.2. The van der Waals surface area contributed by atoms with Crippen LogP contribution in [0.2, 0.25) is 0 Å². The van der Waals surface area contributed by atoms with Crippen molar-refractivity contribution < 1.29 is 0 Å². The van der Waals surface area contributed by atoms with Crippen LogP contribution in [0.1, 0.15) is 35.2 Å². The fraction of sp³-hybridized carbons (Fsp3) is 0.294. The van der Waals surface area contributed by atoms with Crippen LogP contribution in [-0.2, 0) is 6.42 Å². The average Bonchev–Trinajstić information content (AvgIpc) is 2.49. The minimum absolute atomic E-state index is 0.423. The van der Waals surface area contributed by atoms with Gasteiger partial charge in [-0.2, -0.15) is 5.26 Å². The monoisotopic (exact) mass is 278 g/mol. The Labute approximate surface area is 125 Å². The Hall–Kier alpha value is -2.54. The Morgan fingerprint density at radius 1 is 1.29 bits per heavy atom. The molecule has 2 rings (SSSR count). The molecule has 0 saturated heterocycles. The fourth-order valence-electron chi connectivity index (χ4n) is 2.36. The molecule has 0 bridgehead atoms. The highest BCUT2D eigenvalue weighted by molar-refractivity contribution is 5.69. The number of benzene rings is 1. The van der Waals surface area contributed by atoms with Crippen LogP contribution in [0.15, 0.2) is 24.5 Å². The molecule has 0 aliphatic carbocycles. The maximum absolute atomic E-state index is 9.12. The fourth-order valence-corrected chi connectivity index (χ4v) is 2.36. The first-order valence-corrected chi connectivity index (χ1v) is 6.98. The van der Waals surface area contributed by atoms with Crippen molar-refractivity contribution in [2.75, 3.05) is 0 Å². The van der Waals surface area contributed by atoms with Gasteiger partial charge in [-0.25, -0.2) is 9.97 Å². The molecule has 0 spiro atoms. The summed E-state index contributed by atoms with van der Waals surface area (Å²) in [4.78, 5) is 8.39. The van der Waals surface area contributed by atoms with E-state index in [1.165, 1.54) is 18.1 Å². The molecular weight excluding hydrogens is 260 g/mol. The number of unbranched alkanes of at least 4 members (excludes halogenated alkanes) is 1. The summed E-state index contributed by atoms with van der Waals surface area (Å²) in [6.07, 6.45) is 5.51. The molecule has 0 radical (unpaired) electrons. The zero-order valence-corrected chi connectivity index (χ0v) is 12.3. The highest BCUT2D eigenvalue weighted by Crippen LogP contribution is 2.28. The lowest BCUT2D eigenvalue weighted by atomic mass is 9.95. The van der Waals surface area contributed by atoms with Gasteiger partial charge in [0.25, 0.3) is 0 Å². The number of hydrogen-bond acceptors (Lipinski definition) is 4. The van der Waals surface area contributed by atoms with E-state index in [1.54, 1.807) is 0 Å². The van der Waals surface area contributed by atoms with Gasteiger partial charge in [-0.1, -0.05) is 17.7 Å². The molecule has 1 aromatic heterocycles. The average molecular weight is 278 g/mol. The molecule has 0 fully saturated rings. The Kier molecular flexibility index (Phi) is 4.78. The number of rotatable bonds is 5. The number of nitriles is 1. The summed E-state index contributed by atoms with van der Waals surface area (Å²) < 4.78 is 0. The van der Waals surface area contributed by atoms with E-state index >= 15 is 0 Å². The largest absolute Gasteiger partial charge is 0.313 e. The van der Waals surface area contributed by atoms with Crippen molar-refractivity contribution in [3.05, 3.63) is 46.9 Å². The zero-order chi connectivity index (χ0) is 15.2. The van der Waals surface area contributed by atoms with Crippen molar-refractivity contribution in [2.45, 2.75) is 33.1 Å². The predicted molar refractivity (Wildman–Crippen MR) is 83.4 cm³/mol. The van der Waals surface area contributed by atoms with Gasteiger partial charge in [0.1, 0.15) is 18.1 Å². The first kappa shape index (κ1) is 14.9. The third-order valence-electron chi connectivity index (χ3n) is 3.51. The van der Waals surface area contributed by atoms with E-state index in [1.807, 2.05) is 13.8 Å². The molecule has 106 valence electrons. The van der Waals surface area contributed by atoms with Crippen LogP contribution in [0.25, 0.3) is 11.3 Å². The second-order valence-electron chi connectivity index (χ2n) is 5.06. The SMILES string of the molecule is Cc1ccc(CCCC=N)c(-c2ncnc(C#N)c2C)c1. The van der Waals surface area contributed by atoms with E-state index in [9.17, 15) is 0 Å². The topological polar surface area (TPSA) is 73.4 Å². The maximum atomic E-state index is 9.12. The van der Waals surface area contributed by atoms with E-state index in [0.29, 0.717) is 5.69 Å². The summed E-state index contributed by atoms with van der Waals surface area (Å²) in [6.45, 7) is 3.93. The van der Waals surface area contributed by atoms with Crippen LogP contribution < -0.4 is 0 Å². The molecule has 1 aromatic carbocycles. The van der Waals surface area contributed by atoms with E-state index < -0.39 is 0 Å². The van der Waals surface area contributed by atoms with Gasteiger partial charge >= 0.3 is 0 Å². The van der Waals surface area contributed by atoms with Crippen molar-refractivity contribution in [1.29, 1.82) is 10.7 Å². The lowest BCUT2D eigenvalue weighted by Gasteiger charge is -2.12. The van der Waals surface area contributed by atoms with Crippen molar-refractivity contribution in [1.82, 2.24) is 9.97 Å². The maximum Gasteiger partial charge on any atom is 0.147 e. The Morgan fingerprint density at radius 3 is 2.81 bits per heavy atom. The van der Waals surface area contributed by atoms with Crippen molar-refractivity contribution in [2.24, 2.45) is 0 Å². The smallest absolute Gasteiger partial charge is 0.147 e. The van der Waals surface area contributed by atoms with Gasteiger partial charge < -0.3 is 5.41 Å². The first-order chi connectivity index (χ1) is 10.2. The highest BCUT2D eigenvalue weighted by Gasteiger charge is 2.12. The molecule has 0 saturated carbocycles. The number of nitrogens with one attached hydrogen (secondary N) is 1. The molecule has 2 aromatic rings. The van der Waals surface area contributed by atoms with Crippen molar-refractivity contribution >= 4 is 6.21 Å². The van der Waals surface area contributed by atoms with Crippen LogP contribution in [0, 0.1) is 30.6 Å². The predicted octanol–water partition coefficient (Wildman–Crippen LogP) is 3.60. The Balaban J connectivity index is 2.49. The quantitative estimate of drug-likeness (QED) is 0.670. The molecule has 4 heteroatoms. The van der Waals surface area contributed by atoms with Gasteiger partial charge in [-0.05, 0) is 51.0 Å². The van der Waals surface area contributed by atoms with E-state index in [-0.39, 0.29) is 0 Å². The molecule has 4 nitrogen and oxygen atoms in total. The van der Waals surface area contributed by atoms with Crippen molar-refractivity contribution in [3.8, 4) is 17.3 Å². The summed E-state index contributed by atoms with van der Waals surface area (Å²) in [7, 11) is 0. The number of hydrogen-bond donors (Lipinski definition) is 1. The van der Waals surface area contributed by atoms with Gasteiger partial charge in [0.15, 0.2) is 0 Å². The summed E-state index contributed by atoms with van der Waals surface area (Å²) >= 11 is 0. The van der Waals surface area contributed by atoms with E-state index in [4.69, 9.17) is 10.7 Å². The minimum Gasteiger partial charge on any atom is -0.313 e. The van der Waals surface area contributed by atoms with Gasteiger partial charge in [0.05, 0.1) is 5.69 Å². The molecule has 21 heavy (non-hydrogen) atoms. The Morgan fingerprint density at radius 2 is 2.10 bits per heavy atom. The van der Waals surface area contributed by atoms with Gasteiger partial charge in [0, 0.05) is 11.1 Å². The lowest BCUT2D eigenvalue weighted by molar-refractivity contribution is 0.871. The van der Waals surface area contributed by atoms with Gasteiger partial charge in [-0.15, -0.1) is 0 Å². The second-order valence-corrected chi connectivity index (χ2v) is 5.06. The van der Waals surface area contributed by atoms with Gasteiger partial charge in [-0.3, -0.25) is 0 Å². The summed E-state index contributed by atoms with van der Waals surface area (Å²) in [6, 6.07) is 8.42. The summed E-state index contributed by atoms with van der Waals surface area (Å²) in [5.74, 6) is 0. The van der Waals surface area contributed by atoms with Crippen LogP contribution in [0.5, 0.6) is 0 Å². The number of aryl methyl sites for hydroxylation is 2. The third kappa shape index (κ3) is 3.32. The Bertz CT molecular complexity index is 698. The minimum atomic E-state index is 0.423. The van der Waals surface area contributed by atoms with Crippen LogP contribution in [0.4, 0.5) is 0 Å². The first-order valence-electron chi connectivity index (χ1n) is 6.98. The lowest BCUT2D eigenvalue weighted by Crippen LogP contribution is -1.99. The molecule has 0 atom stereocenters. The zero-order valence-electron chi connectivity index (χ0n) is 12.3. The number of nitrogens with zero attached hydrogens (tertiary/aromatic N) is 3. The van der Waals surface area contributed by atoms with Crippen LogP contribution in [-0.4, -0.2) is 16.2 Å². The third-order valence-corrected chi connectivity index (χ3v) is 3.51. The highest BCUT2D eigenvalue weighted by atomic mass is 14.8. The molecule has 0 amide bonds. The summed E-state index contributed by atoms with van der Waals surface area (Å²) in [5.41, 5.74) is 5.50. The second kappa shape index (κ2) is 6.76. The standard InChI is InChI=1S/C17H18N4/c1-12-6-7-14(5-3-4-8-18)15(9-12)17-13(2)16(10-19)20-11-21-17/h6-9,11,18H,3-5H2,1-2H3. The number of aromatic nitrogens is 2. The molecule has 1 N–H and O–H groups in total. The molecule has 0 aliphatic heterocycles. The van der Waals surface area contributed by atoms with Crippen LogP contribution in [0.3, 0.4) is 0 Å². The van der Waals surface area contributed by atoms with E-state index in [2.05, 4.69) is 34.2 Å². The van der Waals surface area contributed by atoms with E-state index in [0.717, 1.165) is 41.6 Å². The van der Waals surface area contributed by atoms with Crippen molar-refractivity contribution in [3.63, 3.8) is 0 Å². The molecule has 0 aliphatic rings. The van der Waals surface area contributed by atoms with Gasteiger partial charge in [0.2, 0.25) is 0 Å².